The van der Waals surface area contributed by atoms with Crippen molar-refractivity contribution in [3.8, 4) is 0 Å². The molecule has 2 aromatic rings. The molecule has 3 rings (SSSR count). The molecule has 0 saturated carbocycles. The third-order valence-electron chi connectivity index (χ3n) is 5.13. The van der Waals surface area contributed by atoms with E-state index in [2.05, 4.69) is 10.6 Å². The minimum absolute atomic E-state index is 0.0614. The van der Waals surface area contributed by atoms with Crippen molar-refractivity contribution >= 4 is 27.5 Å². The topological polar surface area (TPSA) is 105 Å². The van der Waals surface area contributed by atoms with E-state index in [0.29, 0.717) is 5.69 Å². The summed E-state index contributed by atoms with van der Waals surface area (Å²) in [5.74, 6) is -2.07. The lowest BCUT2D eigenvalue weighted by Crippen LogP contribution is -2.41. The number of halogens is 1. The van der Waals surface area contributed by atoms with Crippen molar-refractivity contribution in [3.63, 3.8) is 0 Å². The van der Waals surface area contributed by atoms with E-state index < -0.39 is 32.6 Å². The van der Waals surface area contributed by atoms with Gasteiger partial charge in [-0.05, 0) is 50.1 Å². The maximum atomic E-state index is 14.3. The van der Waals surface area contributed by atoms with Crippen molar-refractivity contribution in [2.75, 3.05) is 38.2 Å². The number of morpholine rings is 1. The first kappa shape index (κ1) is 23.8. The molecule has 1 saturated heterocycles. The molecule has 0 unspecified atom stereocenters. The zero-order chi connectivity index (χ0) is 23.5. The van der Waals surface area contributed by atoms with Gasteiger partial charge >= 0.3 is 0 Å². The third-order valence-corrected chi connectivity index (χ3v) is 7.05. The molecule has 0 aliphatic carbocycles. The van der Waals surface area contributed by atoms with Gasteiger partial charge < -0.3 is 15.4 Å². The Morgan fingerprint density at radius 3 is 2.31 bits per heavy atom. The van der Waals surface area contributed by atoms with Crippen LogP contribution in [0.2, 0.25) is 0 Å². The second-order valence-corrected chi connectivity index (χ2v) is 9.57. The molecule has 1 heterocycles. The number of anilines is 1. The van der Waals surface area contributed by atoms with Crippen LogP contribution in [-0.4, -0.2) is 57.4 Å². The smallest absolute Gasteiger partial charge is 0.251 e. The van der Waals surface area contributed by atoms with Gasteiger partial charge in [0.2, 0.25) is 15.9 Å². The first-order valence-corrected chi connectivity index (χ1v) is 11.6. The summed E-state index contributed by atoms with van der Waals surface area (Å²) >= 11 is 0. The standard InChI is InChI=1S/C22H26FN3O5S/c1-14-10-15(2)21(16(3)11-14)25-20(27)13-24-22(28)17-4-5-18(23)19(12-17)32(29,30)26-6-8-31-9-7-26/h4-5,10-12H,6-9,13H2,1-3H3,(H,24,28)(H,25,27). The van der Waals surface area contributed by atoms with Crippen LogP contribution in [-0.2, 0) is 19.6 Å². The quantitative estimate of drug-likeness (QED) is 0.683. The molecule has 0 bridgehead atoms. The fourth-order valence-corrected chi connectivity index (χ4v) is 5.09. The highest BCUT2D eigenvalue weighted by atomic mass is 32.2. The largest absolute Gasteiger partial charge is 0.379 e. The summed E-state index contributed by atoms with van der Waals surface area (Å²) in [6.45, 7) is 6.04. The molecule has 10 heteroatoms. The average Bonchev–Trinajstić information content (AvgIpc) is 2.75. The Morgan fingerprint density at radius 1 is 1.06 bits per heavy atom. The number of hydrogen-bond donors (Lipinski definition) is 2. The molecular formula is C22H26FN3O5S. The Morgan fingerprint density at radius 2 is 1.69 bits per heavy atom. The van der Waals surface area contributed by atoms with Gasteiger partial charge in [0.1, 0.15) is 10.7 Å². The van der Waals surface area contributed by atoms with Gasteiger partial charge in [-0.2, -0.15) is 4.31 Å². The molecule has 8 nitrogen and oxygen atoms in total. The number of nitrogens with one attached hydrogen (secondary N) is 2. The molecule has 1 aliphatic rings. The molecular weight excluding hydrogens is 437 g/mol. The second kappa shape index (κ2) is 9.76. The lowest BCUT2D eigenvalue weighted by Gasteiger charge is -2.26. The Kier molecular flexibility index (Phi) is 7.27. The van der Waals surface area contributed by atoms with Crippen molar-refractivity contribution in [1.29, 1.82) is 0 Å². The molecule has 2 aromatic carbocycles. The first-order chi connectivity index (χ1) is 15.1. The van der Waals surface area contributed by atoms with Gasteiger partial charge in [-0.1, -0.05) is 17.7 Å². The highest BCUT2D eigenvalue weighted by Crippen LogP contribution is 2.23. The predicted octanol–water partition coefficient (Wildman–Crippen LogP) is 2.14. The number of amides is 2. The van der Waals surface area contributed by atoms with Crippen LogP contribution in [0.5, 0.6) is 0 Å². The first-order valence-electron chi connectivity index (χ1n) is 10.1. The molecule has 0 spiro atoms. The molecule has 32 heavy (non-hydrogen) atoms. The molecule has 2 amide bonds. The Labute approximate surface area is 186 Å². The van der Waals surface area contributed by atoms with Gasteiger partial charge in [-0.15, -0.1) is 0 Å². The van der Waals surface area contributed by atoms with Gasteiger partial charge in [-0.25, -0.2) is 12.8 Å². The monoisotopic (exact) mass is 463 g/mol. The van der Waals surface area contributed by atoms with Crippen molar-refractivity contribution in [1.82, 2.24) is 9.62 Å². The van der Waals surface area contributed by atoms with E-state index in [-0.39, 0.29) is 38.4 Å². The normalized spacial score (nSPS) is 14.8. The average molecular weight is 464 g/mol. The highest BCUT2D eigenvalue weighted by Gasteiger charge is 2.29. The van der Waals surface area contributed by atoms with Gasteiger partial charge in [0, 0.05) is 24.3 Å². The van der Waals surface area contributed by atoms with Crippen LogP contribution < -0.4 is 10.6 Å². The fourth-order valence-electron chi connectivity index (χ4n) is 3.59. The summed E-state index contributed by atoms with van der Waals surface area (Å²) in [5, 5.41) is 5.22. The summed E-state index contributed by atoms with van der Waals surface area (Å²) in [5.41, 5.74) is 3.49. The molecule has 1 aliphatic heterocycles. The Hall–Kier alpha value is -2.82. The number of benzene rings is 2. The van der Waals surface area contributed by atoms with Gasteiger partial charge in [0.25, 0.3) is 5.91 Å². The van der Waals surface area contributed by atoms with Crippen LogP contribution in [0, 0.1) is 26.6 Å². The number of aryl methyl sites for hydroxylation is 3. The number of rotatable bonds is 6. The van der Waals surface area contributed by atoms with Crippen molar-refractivity contribution in [2.24, 2.45) is 0 Å². The summed E-state index contributed by atoms with van der Waals surface area (Å²) < 4.78 is 46.1. The second-order valence-electron chi connectivity index (χ2n) is 7.67. The van der Waals surface area contributed by atoms with Crippen LogP contribution in [0.15, 0.2) is 35.2 Å². The van der Waals surface area contributed by atoms with E-state index in [1.807, 2.05) is 32.9 Å². The predicted molar refractivity (Wildman–Crippen MR) is 118 cm³/mol. The highest BCUT2D eigenvalue weighted by molar-refractivity contribution is 7.89. The van der Waals surface area contributed by atoms with Crippen LogP contribution in [0.4, 0.5) is 10.1 Å². The number of sulfonamides is 1. The van der Waals surface area contributed by atoms with Crippen LogP contribution >= 0.6 is 0 Å². The van der Waals surface area contributed by atoms with E-state index in [4.69, 9.17) is 4.74 Å². The summed E-state index contributed by atoms with van der Waals surface area (Å²) in [6.07, 6.45) is 0. The zero-order valence-corrected chi connectivity index (χ0v) is 19.0. The van der Waals surface area contributed by atoms with Crippen LogP contribution in [0.1, 0.15) is 27.0 Å². The van der Waals surface area contributed by atoms with Crippen LogP contribution in [0.25, 0.3) is 0 Å². The van der Waals surface area contributed by atoms with Gasteiger partial charge in [0.05, 0.1) is 19.8 Å². The van der Waals surface area contributed by atoms with E-state index in [0.717, 1.165) is 33.1 Å². The van der Waals surface area contributed by atoms with Gasteiger partial charge in [-0.3, -0.25) is 9.59 Å². The lowest BCUT2D eigenvalue weighted by molar-refractivity contribution is -0.115. The molecule has 1 fully saturated rings. The fraction of sp³-hybridized carbons (Fsp3) is 0.364. The van der Waals surface area contributed by atoms with E-state index >= 15 is 0 Å². The van der Waals surface area contributed by atoms with E-state index in [1.54, 1.807) is 0 Å². The summed E-state index contributed by atoms with van der Waals surface area (Å²) in [4.78, 5) is 24.2. The third kappa shape index (κ3) is 5.32. The summed E-state index contributed by atoms with van der Waals surface area (Å²) in [6, 6.07) is 6.98. The molecule has 0 aromatic heterocycles. The molecule has 2 N–H and O–H groups in total. The molecule has 172 valence electrons. The number of ether oxygens (including phenoxy) is 1. The van der Waals surface area contributed by atoms with E-state index in [9.17, 15) is 22.4 Å². The van der Waals surface area contributed by atoms with Crippen molar-refractivity contribution in [3.05, 3.63) is 58.4 Å². The lowest BCUT2D eigenvalue weighted by atomic mass is 10.1. The Balaban J connectivity index is 1.69. The minimum atomic E-state index is -4.11. The number of carbonyl (C=O) groups is 2. The van der Waals surface area contributed by atoms with Crippen molar-refractivity contribution < 1.29 is 27.1 Å². The van der Waals surface area contributed by atoms with Crippen LogP contribution in [0.3, 0.4) is 0 Å². The number of carbonyl (C=O) groups excluding carboxylic acids is 2. The number of nitrogens with zero attached hydrogens (tertiary/aromatic N) is 1. The SMILES string of the molecule is Cc1cc(C)c(NC(=O)CNC(=O)c2ccc(F)c(S(=O)(=O)N3CCOCC3)c2)c(C)c1. The number of hydrogen-bond acceptors (Lipinski definition) is 5. The summed E-state index contributed by atoms with van der Waals surface area (Å²) in [7, 11) is -4.11. The zero-order valence-electron chi connectivity index (χ0n) is 18.2. The van der Waals surface area contributed by atoms with Crippen molar-refractivity contribution in [2.45, 2.75) is 25.7 Å². The maximum absolute atomic E-state index is 14.3. The van der Waals surface area contributed by atoms with E-state index in [1.165, 1.54) is 6.07 Å². The molecule has 0 atom stereocenters. The van der Waals surface area contributed by atoms with Gasteiger partial charge in [0.15, 0.2) is 0 Å². The maximum Gasteiger partial charge on any atom is 0.251 e. The minimum Gasteiger partial charge on any atom is -0.379 e. The Bertz CT molecular complexity index is 1120. The molecule has 0 radical (unpaired) electrons.